The van der Waals surface area contributed by atoms with Crippen molar-refractivity contribution in [2.75, 3.05) is 9.80 Å². The highest BCUT2D eigenvalue weighted by Crippen LogP contribution is 2.49. The number of hydrogen-bond donors (Lipinski definition) is 0. The predicted octanol–water partition coefficient (Wildman–Crippen LogP) is 20.4. The van der Waals surface area contributed by atoms with Crippen LogP contribution < -0.4 is 9.80 Å². The molecule has 0 aliphatic heterocycles. The Bertz CT molecular complexity index is 4200. The first-order valence-electron chi connectivity index (χ1n) is 26.4. The highest BCUT2D eigenvalue weighted by Gasteiger charge is 2.27. The van der Waals surface area contributed by atoms with E-state index in [2.05, 4.69) is 307 Å². The molecule has 12 aromatic rings. The van der Waals surface area contributed by atoms with Crippen LogP contribution in [0.4, 0.5) is 34.1 Å². The van der Waals surface area contributed by atoms with Crippen LogP contribution in [0.15, 0.2) is 279 Å². The quantitative estimate of drug-likeness (QED) is 0.0941. The van der Waals surface area contributed by atoms with Gasteiger partial charge in [-0.25, -0.2) is 0 Å². The second-order valence-corrected chi connectivity index (χ2v) is 20.0. The average Bonchev–Trinajstić information content (AvgIpc) is 3.53. The SMILES string of the molecule is C1=CC2=CCc3c(ccc4c(N(c5ccccc5)c5ccc(C=Cc6ccccc6)cc5)ccc(-c5cc6ccc7cc(N(c8ccccc8)c8ccc(C=Cc9ccccc9)cc8)cc8ccc(c5)c6c78)c34)C2C=C1. The molecule has 14 rings (SSSR count). The summed E-state index contributed by atoms with van der Waals surface area (Å²) in [4.78, 5) is 4.81. The smallest absolute Gasteiger partial charge is 0.0540 e. The third-order valence-corrected chi connectivity index (χ3v) is 15.4. The van der Waals surface area contributed by atoms with Gasteiger partial charge in [-0.2, -0.15) is 0 Å². The summed E-state index contributed by atoms with van der Waals surface area (Å²) in [5, 5.41) is 10.1. The van der Waals surface area contributed by atoms with Gasteiger partial charge in [0.15, 0.2) is 0 Å². The van der Waals surface area contributed by atoms with Crippen molar-refractivity contribution in [1.29, 1.82) is 0 Å². The fourth-order valence-electron chi connectivity index (χ4n) is 11.8. The van der Waals surface area contributed by atoms with Crippen LogP contribution in [0, 0.1) is 0 Å². The van der Waals surface area contributed by atoms with E-state index in [9.17, 15) is 0 Å². The highest BCUT2D eigenvalue weighted by molar-refractivity contribution is 6.25. The van der Waals surface area contributed by atoms with E-state index in [-0.39, 0.29) is 5.92 Å². The summed E-state index contributed by atoms with van der Waals surface area (Å²) in [5.74, 6) is 0.228. The van der Waals surface area contributed by atoms with Crippen LogP contribution in [0.2, 0.25) is 0 Å². The summed E-state index contributed by atoms with van der Waals surface area (Å²) in [6.45, 7) is 0. The van der Waals surface area contributed by atoms with Crippen LogP contribution in [-0.2, 0) is 6.42 Å². The molecule has 0 aromatic heterocycles. The van der Waals surface area contributed by atoms with Crippen molar-refractivity contribution in [2.45, 2.75) is 12.3 Å². The zero-order chi connectivity index (χ0) is 50.4. The van der Waals surface area contributed by atoms with E-state index in [1.807, 2.05) is 0 Å². The van der Waals surface area contributed by atoms with E-state index in [4.69, 9.17) is 0 Å². The molecule has 2 aliphatic carbocycles. The molecule has 0 bridgehead atoms. The number of anilines is 6. The second-order valence-electron chi connectivity index (χ2n) is 20.0. The molecule has 0 heterocycles. The molecule has 76 heavy (non-hydrogen) atoms. The van der Waals surface area contributed by atoms with Gasteiger partial charge in [-0.05, 0) is 173 Å². The molecule has 12 aromatic carbocycles. The number of nitrogens with zero attached hydrogens (tertiary/aromatic N) is 2. The Kier molecular flexibility index (Phi) is 11.4. The van der Waals surface area contributed by atoms with Gasteiger partial charge in [0.25, 0.3) is 0 Å². The predicted molar refractivity (Wildman–Crippen MR) is 326 cm³/mol. The van der Waals surface area contributed by atoms with Gasteiger partial charge in [0.1, 0.15) is 0 Å². The third-order valence-electron chi connectivity index (χ3n) is 15.4. The number of para-hydroxylation sites is 2. The molecule has 0 radical (unpaired) electrons. The maximum absolute atomic E-state index is 2.45. The topological polar surface area (TPSA) is 6.48 Å². The lowest BCUT2D eigenvalue weighted by atomic mass is 9.77. The zero-order valence-corrected chi connectivity index (χ0v) is 42.0. The van der Waals surface area contributed by atoms with Crippen LogP contribution in [0.5, 0.6) is 0 Å². The maximum atomic E-state index is 2.45. The van der Waals surface area contributed by atoms with Crippen molar-refractivity contribution in [3.63, 3.8) is 0 Å². The number of hydrogen-bond acceptors (Lipinski definition) is 2. The summed E-state index contributed by atoms with van der Waals surface area (Å²) in [7, 11) is 0. The molecular formula is C74H52N2. The number of allylic oxidation sites excluding steroid dienone is 6. The van der Waals surface area contributed by atoms with E-state index in [0.29, 0.717) is 0 Å². The van der Waals surface area contributed by atoms with Gasteiger partial charge in [0.2, 0.25) is 0 Å². The Morgan fingerprint density at radius 1 is 0.368 bits per heavy atom. The first-order valence-corrected chi connectivity index (χ1v) is 26.4. The standard InChI is InChI=1S/C74H52N2/c1-5-15-51(16-6-1)25-27-53-29-38-63(39-30-53)75(61-20-9-3-10-21-61)65-49-58-35-33-56-47-60(48-57-34-36-59(50-65)73(58)72(56)57)67-45-46-71(70-44-43-68-66-24-14-13-19-55(66)37-42-69(68)74(67)70)76(62-22-11-4-12-23-62)64-40-31-54(32-41-64)28-26-52-17-7-2-8-18-52/h1-41,43-50,66H,42H2. The van der Waals surface area contributed by atoms with Gasteiger partial charge in [-0.3, -0.25) is 0 Å². The van der Waals surface area contributed by atoms with Crippen molar-refractivity contribution in [1.82, 2.24) is 0 Å². The minimum absolute atomic E-state index is 0.228. The Morgan fingerprint density at radius 2 is 0.842 bits per heavy atom. The summed E-state index contributed by atoms with van der Waals surface area (Å²) >= 11 is 0. The first kappa shape index (κ1) is 44.9. The number of rotatable bonds is 11. The van der Waals surface area contributed by atoms with Crippen molar-refractivity contribution in [3.8, 4) is 11.1 Å². The van der Waals surface area contributed by atoms with Crippen molar-refractivity contribution in [3.05, 3.63) is 312 Å². The molecular weight excluding hydrogens is 917 g/mol. The average molecular weight is 969 g/mol. The summed E-state index contributed by atoms with van der Waals surface area (Å²) in [5.41, 5.74) is 18.1. The second kappa shape index (κ2) is 19.3. The Hall–Kier alpha value is -9.76. The maximum Gasteiger partial charge on any atom is 0.0540 e. The summed E-state index contributed by atoms with van der Waals surface area (Å²) in [6.07, 6.45) is 21.1. The Morgan fingerprint density at radius 3 is 1.39 bits per heavy atom. The van der Waals surface area contributed by atoms with Gasteiger partial charge in [0, 0.05) is 39.7 Å². The zero-order valence-electron chi connectivity index (χ0n) is 42.0. The van der Waals surface area contributed by atoms with Crippen LogP contribution >= 0.6 is 0 Å². The molecule has 0 amide bonds. The van der Waals surface area contributed by atoms with Gasteiger partial charge in [-0.15, -0.1) is 0 Å². The fraction of sp³-hybridized carbons (Fsp3) is 0.0270. The molecule has 0 saturated heterocycles. The summed E-state index contributed by atoms with van der Waals surface area (Å²) < 4.78 is 0. The van der Waals surface area contributed by atoms with E-state index in [1.54, 1.807) is 0 Å². The molecule has 2 heteroatoms. The normalized spacial score (nSPS) is 14.0. The van der Waals surface area contributed by atoms with E-state index in [1.165, 1.54) is 82.0 Å². The van der Waals surface area contributed by atoms with Gasteiger partial charge in [-0.1, -0.05) is 218 Å². The largest absolute Gasteiger partial charge is 0.310 e. The van der Waals surface area contributed by atoms with E-state index in [0.717, 1.165) is 51.7 Å². The molecule has 2 nitrogen and oxygen atoms in total. The lowest BCUT2D eigenvalue weighted by molar-refractivity contribution is 0.945. The molecule has 1 atom stereocenters. The van der Waals surface area contributed by atoms with Crippen molar-refractivity contribution < 1.29 is 0 Å². The van der Waals surface area contributed by atoms with Gasteiger partial charge in [0.05, 0.1) is 5.69 Å². The molecule has 358 valence electrons. The first-order chi connectivity index (χ1) is 37.7. The van der Waals surface area contributed by atoms with Gasteiger partial charge < -0.3 is 9.80 Å². The highest BCUT2D eigenvalue weighted by atomic mass is 15.1. The molecule has 0 fully saturated rings. The summed E-state index contributed by atoms with van der Waals surface area (Å²) in [6, 6.07) is 88.9. The number of fused-ring (bicyclic) bond motifs is 5. The van der Waals surface area contributed by atoms with E-state index < -0.39 is 0 Å². The lowest BCUT2D eigenvalue weighted by Gasteiger charge is -2.31. The lowest BCUT2D eigenvalue weighted by Crippen LogP contribution is -2.13. The number of benzene rings is 12. The third kappa shape index (κ3) is 8.27. The minimum Gasteiger partial charge on any atom is -0.310 e. The Labute approximate surface area is 444 Å². The minimum atomic E-state index is 0.228. The van der Waals surface area contributed by atoms with Crippen LogP contribution in [-0.4, -0.2) is 0 Å². The molecule has 0 N–H and O–H groups in total. The van der Waals surface area contributed by atoms with Crippen LogP contribution in [0.3, 0.4) is 0 Å². The van der Waals surface area contributed by atoms with Gasteiger partial charge >= 0.3 is 0 Å². The molecule has 0 saturated carbocycles. The Balaban J connectivity index is 0.886. The molecule has 2 aliphatic rings. The fourth-order valence-corrected chi connectivity index (χ4v) is 11.8. The molecule has 0 spiro atoms. The van der Waals surface area contributed by atoms with E-state index >= 15 is 0 Å². The monoisotopic (exact) mass is 968 g/mol. The van der Waals surface area contributed by atoms with Crippen molar-refractivity contribution in [2.24, 2.45) is 0 Å². The van der Waals surface area contributed by atoms with Crippen LogP contribution in [0.25, 0.3) is 78.5 Å². The van der Waals surface area contributed by atoms with Crippen LogP contribution in [0.1, 0.15) is 39.3 Å². The van der Waals surface area contributed by atoms with Crippen molar-refractivity contribution >= 4 is 102 Å². The molecule has 1 unspecified atom stereocenters.